The van der Waals surface area contributed by atoms with Crippen LogP contribution in [0.5, 0.6) is 0 Å². The molecule has 1 aromatic heterocycles. The molecule has 1 saturated carbocycles. The molecule has 3 rings (SSSR count). The topological polar surface area (TPSA) is 25.2 Å². The molecule has 0 aliphatic heterocycles. The maximum Gasteiger partial charge on any atom is 0.134 e. The molecule has 1 atom stereocenters. The van der Waals surface area contributed by atoms with E-state index in [2.05, 4.69) is 40.3 Å². The molecule has 20 heavy (non-hydrogen) atoms. The van der Waals surface area contributed by atoms with Crippen molar-refractivity contribution in [2.24, 2.45) is 0 Å². The summed E-state index contributed by atoms with van der Waals surface area (Å²) < 4.78 is 7.07. The van der Waals surface area contributed by atoms with Crippen LogP contribution in [0.4, 0.5) is 0 Å². The minimum atomic E-state index is 0.282. The van der Waals surface area contributed by atoms with Gasteiger partial charge in [-0.15, -0.1) is 0 Å². The van der Waals surface area contributed by atoms with Crippen molar-refractivity contribution < 1.29 is 4.42 Å². The zero-order chi connectivity index (χ0) is 13.9. The highest BCUT2D eigenvalue weighted by Gasteiger charge is 2.18. The van der Waals surface area contributed by atoms with E-state index in [9.17, 15) is 0 Å². The summed E-state index contributed by atoms with van der Waals surface area (Å²) in [6.45, 7) is 2.21. The second-order valence-corrected chi connectivity index (χ2v) is 6.82. The normalized spacial score (nSPS) is 19.1. The lowest BCUT2D eigenvalue weighted by molar-refractivity contribution is 0.374. The largest absolute Gasteiger partial charge is 0.459 e. The first-order valence-corrected chi connectivity index (χ1v) is 8.47. The highest BCUT2D eigenvalue weighted by molar-refractivity contribution is 9.10. The smallest absolute Gasteiger partial charge is 0.134 e. The van der Waals surface area contributed by atoms with Crippen molar-refractivity contribution in [3.05, 3.63) is 34.5 Å². The highest BCUT2D eigenvalue weighted by atomic mass is 79.9. The Morgan fingerprint density at radius 2 is 1.90 bits per heavy atom. The maximum atomic E-state index is 5.97. The molecular weight excluding hydrogens is 314 g/mol. The number of halogens is 1. The molecule has 0 radical (unpaired) electrons. The molecular formula is C17H22BrNO. The van der Waals surface area contributed by atoms with Crippen LogP contribution in [0.1, 0.15) is 57.3 Å². The van der Waals surface area contributed by atoms with Gasteiger partial charge in [-0.05, 0) is 44.0 Å². The van der Waals surface area contributed by atoms with Gasteiger partial charge in [0, 0.05) is 15.9 Å². The van der Waals surface area contributed by atoms with E-state index in [1.54, 1.807) is 0 Å². The van der Waals surface area contributed by atoms with Crippen LogP contribution >= 0.6 is 15.9 Å². The summed E-state index contributed by atoms with van der Waals surface area (Å²) >= 11 is 3.51. The third-order valence-electron chi connectivity index (χ3n) is 4.27. The number of nitrogens with one attached hydrogen (secondary N) is 1. The Labute approximate surface area is 129 Å². The molecule has 0 spiro atoms. The van der Waals surface area contributed by atoms with Gasteiger partial charge in [0.1, 0.15) is 11.3 Å². The monoisotopic (exact) mass is 335 g/mol. The molecule has 1 heterocycles. The minimum Gasteiger partial charge on any atom is -0.459 e. The van der Waals surface area contributed by atoms with Crippen LogP contribution in [0.3, 0.4) is 0 Å². The van der Waals surface area contributed by atoms with Crippen molar-refractivity contribution >= 4 is 26.9 Å². The fourth-order valence-corrected chi connectivity index (χ4v) is 3.51. The molecule has 1 aliphatic rings. The van der Waals surface area contributed by atoms with Crippen LogP contribution < -0.4 is 5.32 Å². The Bertz CT molecular complexity index is 569. The predicted octanol–water partition coefficient (Wildman–Crippen LogP) is 5.57. The van der Waals surface area contributed by atoms with E-state index in [1.165, 1.54) is 43.9 Å². The number of fused-ring (bicyclic) bond motifs is 1. The minimum absolute atomic E-state index is 0.282. The van der Waals surface area contributed by atoms with Gasteiger partial charge < -0.3 is 9.73 Å². The molecule has 0 saturated heterocycles. The Morgan fingerprint density at radius 3 is 2.65 bits per heavy atom. The quantitative estimate of drug-likeness (QED) is 0.742. The lowest BCUT2D eigenvalue weighted by Crippen LogP contribution is -2.30. The average molecular weight is 336 g/mol. The molecule has 1 aromatic carbocycles. The first-order chi connectivity index (χ1) is 9.72. The SMILES string of the molecule is CC(NC1CCCCCC1)c1cc2cc(Br)ccc2o1. The Hall–Kier alpha value is -0.800. The van der Waals surface area contributed by atoms with E-state index in [0.29, 0.717) is 6.04 Å². The second-order valence-electron chi connectivity index (χ2n) is 5.91. The molecule has 1 unspecified atom stereocenters. The molecule has 2 aromatic rings. The van der Waals surface area contributed by atoms with E-state index in [0.717, 1.165) is 15.8 Å². The molecule has 1 N–H and O–H groups in total. The van der Waals surface area contributed by atoms with Crippen molar-refractivity contribution in [1.29, 1.82) is 0 Å². The summed E-state index contributed by atoms with van der Waals surface area (Å²) in [5.74, 6) is 1.04. The second kappa shape index (κ2) is 6.31. The van der Waals surface area contributed by atoms with Gasteiger partial charge >= 0.3 is 0 Å². The van der Waals surface area contributed by atoms with E-state index in [1.807, 2.05) is 12.1 Å². The Kier molecular flexibility index (Phi) is 4.47. The Balaban J connectivity index is 1.72. The van der Waals surface area contributed by atoms with Gasteiger partial charge in [0.15, 0.2) is 0 Å². The van der Waals surface area contributed by atoms with Crippen LogP contribution in [0.2, 0.25) is 0 Å². The first-order valence-electron chi connectivity index (χ1n) is 7.67. The van der Waals surface area contributed by atoms with Crippen molar-refractivity contribution in [1.82, 2.24) is 5.32 Å². The van der Waals surface area contributed by atoms with E-state index in [-0.39, 0.29) is 6.04 Å². The maximum absolute atomic E-state index is 5.97. The molecule has 3 heteroatoms. The number of furan rings is 1. The fraction of sp³-hybridized carbons (Fsp3) is 0.529. The average Bonchev–Trinajstić information content (AvgIpc) is 2.68. The summed E-state index contributed by atoms with van der Waals surface area (Å²) in [6, 6.07) is 9.26. The van der Waals surface area contributed by atoms with Crippen molar-refractivity contribution in [3.8, 4) is 0 Å². The molecule has 2 nitrogen and oxygen atoms in total. The van der Waals surface area contributed by atoms with Gasteiger partial charge in [-0.3, -0.25) is 0 Å². The molecule has 108 valence electrons. The van der Waals surface area contributed by atoms with Gasteiger partial charge in [-0.2, -0.15) is 0 Å². The van der Waals surface area contributed by atoms with Crippen molar-refractivity contribution in [3.63, 3.8) is 0 Å². The van der Waals surface area contributed by atoms with E-state index in [4.69, 9.17) is 4.42 Å². The lowest BCUT2D eigenvalue weighted by atomic mass is 10.1. The summed E-state index contributed by atoms with van der Waals surface area (Å²) in [7, 11) is 0. The molecule has 1 fully saturated rings. The summed E-state index contributed by atoms with van der Waals surface area (Å²) in [5, 5.41) is 4.92. The van der Waals surface area contributed by atoms with Crippen LogP contribution in [0.25, 0.3) is 11.0 Å². The predicted molar refractivity (Wildman–Crippen MR) is 87.0 cm³/mol. The highest BCUT2D eigenvalue weighted by Crippen LogP contribution is 2.28. The van der Waals surface area contributed by atoms with Gasteiger partial charge in [-0.25, -0.2) is 0 Å². The third kappa shape index (κ3) is 3.26. The lowest BCUT2D eigenvalue weighted by Gasteiger charge is -2.20. The van der Waals surface area contributed by atoms with Crippen LogP contribution in [-0.2, 0) is 0 Å². The fourth-order valence-electron chi connectivity index (χ4n) is 3.13. The molecule has 0 amide bonds. The van der Waals surface area contributed by atoms with Gasteiger partial charge in [0.05, 0.1) is 6.04 Å². The van der Waals surface area contributed by atoms with Crippen LogP contribution in [0, 0.1) is 0 Å². The molecule has 1 aliphatic carbocycles. The summed E-state index contributed by atoms with van der Waals surface area (Å²) in [6.07, 6.45) is 8.11. The first kappa shape index (κ1) is 14.2. The molecule has 0 bridgehead atoms. The summed E-state index contributed by atoms with van der Waals surface area (Å²) in [5.41, 5.74) is 0.970. The number of benzene rings is 1. The number of rotatable bonds is 3. The van der Waals surface area contributed by atoms with Crippen LogP contribution in [-0.4, -0.2) is 6.04 Å². The number of hydrogen-bond donors (Lipinski definition) is 1. The van der Waals surface area contributed by atoms with Crippen molar-refractivity contribution in [2.75, 3.05) is 0 Å². The van der Waals surface area contributed by atoms with Gasteiger partial charge in [-0.1, -0.05) is 41.6 Å². The van der Waals surface area contributed by atoms with Gasteiger partial charge in [0.2, 0.25) is 0 Å². The summed E-state index contributed by atoms with van der Waals surface area (Å²) in [4.78, 5) is 0. The third-order valence-corrected chi connectivity index (χ3v) is 4.76. The van der Waals surface area contributed by atoms with Crippen molar-refractivity contribution in [2.45, 2.75) is 57.5 Å². The standard InChI is InChI=1S/C17H22BrNO/c1-12(19-15-6-4-2-3-5-7-15)17-11-13-10-14(18)8-9-16(13)20-17/h8-12,15,19H,2-7H2,1H3. The van der Waals surface area contributed by atoms with E-state index >= 15 is 0 Å². The van der Waals surface area contributed by atoms with Crippen LogP contribution in [0.15, 0.2) is 33.2 Å². The van der Waals surface area contributed by atoms with Gasteiger partial charge in [0.25, 0.3) is 0 Å². The zero-order valence-electron chi connectivity index (χ0n) is 12.0. The zero-order valence-corrected chi connectivity index (χ0v) is 13.6. The number of hydrogen-bond acceptors (Lipinski definition) is 2. The Morgan fingerprint density at radius 1 is 1.15 bits per heavy atom. The van der Waals surface area contributed by atoms with E-state index < -0.39 is 0 Å².